The fourth-order valence-electron chi connectivity index (χ4n) is 3.63. The van der Waals surface area contributed by atoms with Crippen LogP contribution in [-0.4, -0.2) is 66.7 Å². The molecule has 0 aliphatic carbocycles. The smallest absolute Gasteiger partial charge is 0.410 e. The summed E-state index contributed by atoms with van der Waals surface area (Å²) in [6, 6.07) is 9.66. The Labute approximate surface area is 179 Å². The van der Waals surface area contributed by atoms with E-state index in [-0.39, 0.29) is 30.4 Å². The van der Waals surface area contributed by atoms with Crippen molar-refractivity contribution in [3.8, 4) is 0 Å². The van der Waals surface area contributed by atoms with E-state index in [0.29, 0.717) is 32.4 Å². The average Bonchev–Trinajstić information content (AvgIpc) is 2.71. The van der Waals surface area contributed by atoms with E-state index in [1.807, 2.05) is 51.1 Å². The molecule has 0 spiro atoms. The first-order valence-corrected chi connectivity index (χ1v) is 10.5. The molecular formula is C23H34N2O5. The summed E-state index contributed by atoms with van der Waals surface area (Å²) in [6.45, 7) is 6.62. The number of piperidine rings is 1. The van der Waals surface area contributed by atoms with Gasteiger partial charge in [-0.3, -0.25) is 9.59 Å². The largest absolute Gasteiger partial charge is 0.469 e. The van der Waals surface area contributed by atoms with Crippen molar-refractivity contribution in [2.24, 2.45) is 5.92 Å². The van der Waals surface area contributed by atoms with Gasteiger partial charge in [-0.25, -0.2) is 4.79 Å². The van der Waals surface area contributed by atoms with Gasteiger partial charge in [0.1, 0.15) is 5.60 Å². The molecule has 0 N–H and O–H groups in total. The van der Waals surface area contributed by atoms with Crippen LogP contribution in [0, 0.1) is 5.92 Å². The van der Waals surface area contributed by atoms with Gasteiger partial charge in [-0.2, -0.15) is 0 Å². The zero-order chi connectivity index (χ0) is 22.3. The fourth-order valence-corrected chi connectivity index (χ4v) is 3.63. The molecule has 0 saturated carbocycles. The molecule has 1 atom stereocenters. The summed E-state index contributed by atoms with van der Waals surface area (Å²) in [7, 11) is 3.09. The van der Waals surface area contributed by atoms with Gasteiger partial charge in [0.25, 0.3) is 0 Å². The highest BCUT2D eigenvalue weighted by atomic mass is 16.6. The van der Waals surface area contributed by atoms with E-state index in [0.717, 1.165) is 5.56 Å². The van der Waals surface area contributed by atoms with Gasteiger partial charge in [-0.15, -0.1) is 0 Å². The second-order valence-electron chi connectivity index (χ2n) is 8.82. The van der Waals surface area contributed by atoms with Crippen molar-refractivity contribution in [2.75, 3.05) is 27.2 Å². The van der Waals surface area contributed by atoms with Gasteiger partial charge in [-0.1, -0.05) is 30.3 Å². The quantitative estimate of drug-likeness (QED) is 0.663. The molecule has 1 aliphatic rings. The predicted molar refractivity (Wildman–Crippen MR) is 114 cm³/mol. The van der Waals surface area contributed by atoms with Gasteiger partial charge in [-0.05, 0) is 45.6 Å². The lowest BCUT2D eigenvalue weighted by atomic mass is 9.95. The number of likely N-dealkylation sites (tertiary alicyclic amines) is 1. The maximum atomic E-state index is 12.8. The molecule has 30 heavy (non-hydrogen) atoms. The van der Waals surface area contributed by atoms with Crippen LogP contribution in [0.25, 0.3) is 0 Å². The molecule has 1 saturated heterocycles. The molecule has 2 rings (SSSR count). The number of esters is 1. The topological polar surface area (TPSA) is 76.2 Å². The lowest BCUT2D eigenvalue weighted by Gasteiger charge is -2.37. The number of amides is 2. The molecule has 0 bridgehead atoms. The molecular weight excluding hydrogens is 384 g/mol. The number of hydrogen-bond acceptors (Lipinski definition) is 5. The fraction of sp³-hybridized carbons (Fsp3) is 0.609. The van der Waals surface area contributed by atoms with E-state index < -0.39 is 11.5 Å². The highest BCUT2D eigenvalue weighted by Crippen LogP contribution is 2.21. The van der Waals surface area contributed by atoms with Crippen molar-refractivity contribution in [3.63, 3.8) is 0 Å². The van der Waals surface area contributed by atoms with E-state index >= 15 is 0 Å². The Morgan fingerprint density at radius 3 is 2.27 bits per heavy atom. The molecule has 1 fully saturated rings. The van der Waals surface area contributed by atoms with E-state index in [2.05, 4.69) is 0 Å². The number of carbonyl (C=O) groups excluding carboxylic acids is 3. The first-order valence-electron chi connectivity index (χ1n) is 10.5. The summed E-state index contributed by atoms with van der Waals surface area (Å²) in [5, 5.41) is 0. The third kappa shape index (κ3) is 7.04. The summed E-state index contributed by atoms with van der Waals surface area (Å²) in [5.74, 6) is -0.932. The number of rotatable bonds is 6. The van der Waals surface area contributed by atoms with Crippen molar-refractivity contribution >= 4 is 18.0 Å². The van der Waals surface area contributed by atoms with Gasteiger partial charge in [0.15, 0.2) is 0 Å². The predicted octanol–water partition coefficient (Wildman–Crippen LogP) is 3.27. The second kappa shape index (κ2) is 10.5. The van der Waals surface area contributed by atoms with Crippen LogP contribution >= 0.6 is 0 Å². The third-order valence-electron chi connectivity index (χ3n) is 5.33. The Morgan fingerprint density at radius 2 is 1.73 bits per heavy atom. The molecule has 0 aromatic heterocycles. The summed E-state index contributed by atoms with van der Waals surface area (Å²) in [6.07, 6.45) is 1.61. The molecule has 0 radical (unpaired) electrons. The number of benzene rings is 1. The molecule has 2 amide bonds. The Bertz CT molecular complexity index is 721. The first-order chi connectivity index (χ1) is 14.1. The molecule has 1 heterocycles. The van der Waals surface area contributed by atoms with E-state index in [1.54, 1.807) is 16.8 Å². The lowest BCUT2D eigenvalue weighted by molar-refractivity contribution is -0.149. The van der Waals surface area contributed by atoms with E-state index in [4.69, 9.17) is 9.47 Å². The Hall–Kier alpha value is -2.57. The highest BCUT2D eigenvalue weighted by molar-refractivity contribution is 5.83. The molecule has 7 heteroatoms. The molecule has 1 unspecified atom stereocenters. The Morgan fingerprint density at radius 1 is 1.13 bits per heavy atom. The molecule has 166 valence electrons. The second-order valence-corrected chi connectivity index (χ2v) is 8.82. The minimum atomic E-state index is -0.538. The number of carbonyl (C=O) groups is 3. The SMILES string of the molecule is COC(=O)C(CC(=O)N1CCC(N(C)C(=O)OC(C)(C)C)CC1)Cc1ccccc1. The van der Waals surface area contributed by atoms with Crippen molar-refractivity contribution in [2.45, 2.75) is 58.1 Å². The monoisotopic (exact) mass is 418 g/mol. The minimum Gasteiger partial charge on any atom is -0.469 e. The van der Waals surface area contributed by atoms with E-state index in [9.17, 15) is 14.4 Å². The highest BCUT2D eigenvalue weighted by Gasteiger charge is 2.32. The van der Waals surface area contributed by atoms with Crippen LogP contribution in [0.5, 0.6) is 0 Å². The number of hydrogen-bond donors (Lipinski definition) is 0. The van der Waals surface area contributed by atoms with Gasteiger partial charge in [0.2, 0.25) is 5.91 Å². The average molecular weight is 419 g/mol. The zero-order valence-electron chi connectivity index (χ0n) is 18.7. The van der Waals surface area contributed by atoms with Crippen LogP contribution in [0.3, 0.4) is 0 Å². The zero-order valence-corrected chi connectivity index (χ0v) is 18.7. The van der Waals surface area contributed by atoms with Crippen LogP contribution in [0.15, 0.2) is 30.3 Å². The van der Waals surface area contributed by atoms with Crippen molar-refractivity contribution in [3.05, 3.63) is 35.9 Å². The van der Waals surface area contributed by atoms with Gasteiger partial charge >= 0.3 is 12.1 Å². The maximum Gasteiger partial charge on any atom is 0.410 e. The summed E-state index contributed by atoms with van der Waals surface area (Å²) in [4.78, 5) is 40.7. The molecule has 1 aromatic carbocycles. The third-order valence-corrected chi connectivity index (χ3v) is 5.33. The van der Waals surface area contributed by atoms with E-state index in [1.165, 1.54) is 7.11 Å². The lowest BCUT2D eigenvalue weighted by Crippen LogP contribution is -2.48. The van der Waals surface area contributed by atoms with Crippen LogP contribution in [0.2, 0.25) is 0 Å². The summed E-state index contributed by atoms with van der Waals surface area (Å²) < 4.78 is 10.3. The van der Waals surface area contributed by atoms with Crippen molar-refractivity contribution in [1.29, 1.82) is 0 Å². The number of nitrogens with zero attached hydrogens (tertiary/aromatic N) is 2. The van der Waals surface area contributed by atoms with Crippen LogP contribution in [0.4, 0.5) is 4.79 Å². The van der Waals surface area contributed by atoms with Crippen LogP contribution < -0.4 is 0 Å². The van der Waals surface area contributed by atoms with Crippen LogP contribution in [0.1, 0.15) is 45.6 Å². The molecule has 7 nitrogen and oxygen atoms in total. The molecule has 1 aliphatic heterocycles. The number of ether oxygens (including phenoxy) is 2. The van der Waals surface area contributed by atoms with Crippen molar-refractivity contribution in [1.82, 2.24) is 9.80 Å². The Kier molecular flexibility index (Phi) is 8.26. The van der Waals surface area contributed by atoms with Crippen molar-refractivity contribution < 1.29 is 23.9 Å². The number of methoxy groups -OCH3 is 1. The van der Waals surface area contributed by atoms with Gasteiger partial charge < -0.3 is 19.3 Å². The summed E-state index contributed by atoms with van der Waals surface area (Å²) >= 11 is 0. The molecule has 1 aromatic rings. The maximum absolute atomic E-state index is 12.8. The standard InChI is InChI=1S/C23H34N2O5/c1-23(2,3)30-22(28)24(4)19-11-13-25(14-12-19)20(26)16-18(21(27)29-5)15-17-9-7-6-8-10-17/h6-10,18-19H,11-16H2,1-5H3. The Balaban J connectivity index is 1.90. The van der Waals surface area contributed by atoms with Gasteiger partial charge in [0, 0.05) is 32.6 Å². The summed E-state index contributed by atoms with van der Waals surface area (Å²) in [5.41, 5.74) is 0.460. The first kappa shape index (κ1) is 23.7. The normalized spacial score (nSPS) is 16.0. The minimum absolute atomic E-state index is 0.0321. The van der Waals surface area contributed by atoms with Gasteiger partial charge in [0.05, 0.1) is 13.0 Å². The van der Waals surface area contributed by atoms with Crippen LogP contribution in [-0.2, 0) is 25.5 Å².